The minimum atomic E-state index is -4.82. The van der Waals surface area contributed by atoms with Crippen LogP contribution in [0.5, 0.6) is 11.5 Å². The number of hydrogen-bond donors (Lipinski definition) is 1. The largest absolute Gasteiger partial charge is 0.493 e. The van der Waals surface area contributed by atoms with Crippen molar-refractivity contribution in [3.63, 3.8) is 0 Å². The molecule has 0 amide bonds. The number of benzene rings is 2. The van der Waals surface area contributed by atoms with Crippen molar-refractivity contribution in [1.82, 2.24) is 0 Å². The quantitative estimate of drug-likeness (QED) is 0.428. The molecule has 0 unspecified atom stereocenters. The van der Waals surface area contributed by atoms with E-state index in [4.69, 9.17) is 14.6 Å². The molecule has 11 heteroatoms. The van der Waals surface area contributed by atoms with E-state index in [0.29, 0.717) is 12.1 Å². The number of allylic oxidation sites excluding steroid dienone is 1. The van der Waals surface area contributed by atoms with E-state index >= 15 is 0 Å². The lowest BCUT2D eigenvalue weighted by Gasteiger charge is -2.16. The van der Waals surface area contributed by atoms with E-state index in [1.165, 1.54) is 0 Å². The van der Waals surface area contributed by atoms with Crippen molar-refractivity contribution < 1.29 is 40.2 Å². The molecule has 0 aliphatic carbocycles. The Labute approximate surface area is 163 Å². The number of rotatable bonds is 6. The number of nitrogens with two attached hydrogens (primary N) is 1. The van der Waals surface area contributed by atoms with Crippen molar-refractivity contribution in [3.05, 3.63) is 58.9 Å². The highest BCUT2D eigenvalue weighted by Gasteiger charge is 2.37. The maximum Gasteiger partial charge on any atom is 0.420 e. The van der Waals surface area contributed by atoms with Gasteiger partial charge in [0.15, 0.2) is 17.3 Å². The number of halogens is 4. The molecule has 0 aliphatic heterocycles. The van der Waals surface area contributed by atoms with E-state index < -0.39 is 44.0 Å². The number of alkyl halides is 3. The van der Waals surface area contributed by atoms with Crippen LogP contribution in [0.1, 0.15) is 21.5 Å². The van der Waals surface area contributed by atoms with Crippen LogP contribution in [0.2, 0.25) is 0 Å². The van der Waals surface area contributed by atoms with Crippen LogP contribution in [-0.2, 0) is 16.2 Å². The molecule has 156 valence electrons. The second-order valence-electron chi connectivity index (χ2n) is 5.68. The fourth-order valence-corrected chi connectivity index (χ4v) is 3.21. The Bertz CT molecular complexity index is 1080. The molecule has 0 fully saturated rings. The molecule has 0 saturated heterocycles. The molecule has 6 nitrogen and oxygen atoms in total. The van der Waals surface area contributed by atoms with Crippen LogP contribution >= 0.6 is 0 Å². The van der Waals surface area contributed by atoms with Crippen LogP contribution in [0.4, 0.5) is 17.6 Å². The lowest BCUT2D eigenvalue weighted by Crippen LogP contribution is -2.14. The maximum atomic E-state index is 13.3. The van der Waals surface area contributed by atoms with Crippen LogP contribution in [0.3, 0.4) is 0 Å². The summed E-state index contributed by atoms with van der Waals surface area (Å²) in [6, 6.07) is 4.30. The number of hydrogen-bond acceptors (Lipinski definition) is 5. The number of carbonyl (C=O) groups is 1. The number of ketones is 1. The summed E-state index contributed by atoms with van der Waals surface area (Å²) in [5.41, 5.74) is -1.72. The third-order valence-electron chi connectivity index (χ3n) is 3.77. The first kappa shape index (κ1) is 22.4. The van der Waals surface area contributed by atoms with Gasteiger partial charge in [-0.2, -0.15) is 13.2 Å². The first-order valence-corrected chi connectivity index (χ1v) is 9.31. The second-order valence-corrected chi connectivity index (χ2v) is 7.21. The summed E-state index contributed by atoms with van der Waals surface area (Å²) < 4.78 is 85.9. The van der Waals surface area contributed by atoms with Gasteiger partial charge in [0.1, 0.15) is 11.4 Å². The van der Waals surface area contributed by atoms with Gasteiger partial charge in [-0.3, -0.25) is 4.79 Å². The fourth-order valence-electron chi connectivity index (χ4n) is 2.47. The van der Waals surface area contributed by atoms with Gasteiger partial charge in [-0.1, -0.05) is 6.07 Å². The maximum absolute atomic E-state index is 13.3. The van der Waals surface area contributed by atoms with Crippen molar-refractivity contribution in [2.24, 2.45) is 5.14 Å². The Morgan fingerprint density at radius 3 is 2.28 bits per heavy atom. The standard InChI is InChI=1S/C18H15F4NO5S/c1-27-15-8-11(7-13(17(15)28-2)18(20,21)22)14(24)6-4-10-3-5-12(19)9-16(10)29(23,25)26/h3-9H,1-2H3,(H2,23,25,26)/b6-4+. The zero-order chi connectivity index (χ0) is 22.0. The van der Waals surface area contributed by atoms with E-state index in [1.807, 2.05) is 0 Å². The van der Waals surface area contributed by atoms with Gasteiger partial charge in [0.2, 0.25) is 10.0 Å². The summed E-state index contributed by atoms with van der Waals surface area (Å²) >= 11 is 0. The van der Waals surface area contributed by atoms with E-state index in [0.717, 1.165) is 44.6 Å². The summed E-state index contributed by atoms with van der Waals surface area (Å²) in [6.07, 6.45) is -2.98. The molecule has 29 heavy (non-hydrogen) atoms. The van der Waals surface area contributed by atoms with Gasteiger partial charge in [-0.05, 0) is 42.0 Å². The summed E-state index contributed by atoms with van der Waals surface area (Å²) in [5, 5.41) is 5.01. The lowest BCUT2D eigenvalue weighted by molar-refractivity contribution is -0.138. The van der Waals surface area contributed by atoms with Crippen molar-refractivity contribution in [2.45, 2.75) is 11.1 Å². The first-order chi connectivity index (χ1) is 13.4. The Kier molecular flexibility index (Phi) is 6.34. The van der Waals surface area contributed by atoms with Crippen molar-refractivity contribution in [1.29, 1.82) is 0 Å². The molecule has 0 heterocycles. The molecule has 0 saturated carbocycles. The zero-order valence-corrected chi connectivity index (χ0v) is 15.9. The molecule has 2 N–H and O–H groups in total. The van der Waals surface area contributed by atoms with Gasteiger partial charge in [0, 0.05) is 5.56 Å². The average molecular weight is 433 g/mol. The van der Waals surface area contributed by atoms with E-state index in [-0.39, 0.29) is 16.9 Å². The Morgan fingerprint density at radius 1 is 1.10 bits per heavy atom. The Hall–Kier alpha value is -2.92. The predicted molar refractivity (Wildman–Crippen MR) is 95.7 cm³/mol. The summed E-state index contributed by atoms with van der Waals surface area (Å²) in [4.78, 5) is 11.8. The van der Waals surface area contributed by atoms with Crippen LogP contribution in [-0.4, -0.2) is 28.4 Å². The third kappa shape index (κ3) is 5.12. The highest BCUT2D eigenvalue weighted by molar-refractivity contribution is 7.89. The molecule has 2 rings (SSSR count). The molecule has 2 aromatic carbocycles. The highest BCUT2D eigenvalue weighted by Crippen LogP contribution is 2.42. The number of sulfonamides is 1. The molecule has 0 spiro atoms. The van der Waals surface area contributed by atoms with Gasteiger partial charge in [-0.25, -0.2) is 17.9 Å². The number of carbonyl (C=O) groups excluding carboxylic acids is 1. The van der Waals surface area contributed by atoms with Crippen LogP contribution in [0.25, 0.3) is 6.08 Å². The smallest absolute Gasteiger partial charge is 0.420 e. The molecule has 0 aromatic heterocycles. The summed E-state index contributed by atoms with van der Waals surface area (Å²) in [5.74, 6) is -2.66. The highest BCUT2D eigenvalue weighted by atomic mass is 32.2. The average Bonchev–Trinajstić information content (AvgIpc) is 2.63. The lowest BCUT2D eigenvalue weighted by atomic mass is 10.0. The number of primary sulfonamides is 1. The summed E-state index contributed by atoms with van der Waals surface area (Å²) in [7, 11) is -2.17. The molecular weight excluding hydrogens is 418 g/mol. The van der Waals surface area contributed by atoms with Gasteiger partial charge < -0.3 is 9.47 Å². The van der Waals surface area contributed by atoms with Gasteiger partial charge in [0.05, 0.1) is 19.1 Å². The Morgan fingerprint density at radius 2 is 1.76 bits per heavy atom. The molecule has 0 radical (unpaired) electrons. The number of methoxy groups -OCH3 is 2. The van der Waals surface area contributed by atoms with E-state index in [2.05, 4.69) is 0 Å². The topological polar surface area (TPSA) is 95.7 Å². The van der Waals surface area contributed by atoms with Crippen molar-refractivity contribution in [2.75, 3.05) is 14.2 Å². The predicted octanol–water partition coefficient (Wildman–Crippen LogP) is 3.41. The van der Waals surface area contributed by atoms with Crippen molar-refractivity contribution >= 4 is 21.9 Å². The van der Waals surface area contributed by atoms with Gasteiger partial charge in [0.25, 0.3) is 0 Å². The minimum absolute atomic E-state index is 0.112. The van der Waals surface area contributed by atoms with E-state index in [9.17, 15) is 30.8 Å². The Balaban J connectivity index is 2.52. The van der Waals surface area contributed by atoms with E-state index in [1.54, 1.807) is 0 Å². The zero-order valence-electron chi connectivity index (χ0n) is 15.1. The van der Waals surface area contributed by atoms with Gasteiger partial charge >= 0.3 is 6.18 Å². The van der Waals surface area contributed by atoms with Crippen LogP contribution in [0, 0.1) is 5.82 Å². The normalized spacial score (nSPS) is 12.2. The van der Waals surface area contributed by atoms with Crippen LogP contribution in [0.15, 0.2) is 41.3 Å². The second kappa shape index (κ2) is 8.21. The third-order valence-corrected chi connectivity index (χ3v) is 4.73. The molecule has 0 aliphatic rings. The summed E-state index contributed by atoms with van der Waals surface area (Å²) in [6.45, 7) is 0. The molecule has 0 atom stereocenters. The van der Waals surface area contributed by atoms with Crippen LogP contribution < -0.4 is 14.6 Å². The molecule has 2 aromatic rings. The molecule has 0 bridgehead atoms. The van der Waals surface area contributed by atoms with Crippen molar-refractivity contribution in [3.8, 4) is 11.5 Å². The fraction of sp³-hybridized carbons (Fsp3) is 0.167. The number of ether oxygens (including phenoxy) is 2. The van der Waals surface area contributed by atoms with Gasteiger partial charge in [-0.15, -0.1) is 0 Å². The first-order valence-electron chi connectivity index (χ1n) is 7.76. The molecular formula is C18H15F4NO5S. The minimum Gasteiger partial charge on any atom is -0.493 e. The SMILES string of the molecule is COc1cc(C(=O)/C=C/c2ccc(F)cc2S(N)(=O)=O)cc(C(F)(F)F)c1OC. The monoisotopic (exact) mass is 433 g/mol.